The first-order valence-corrected chi connectivity index (χ1v) is 7.34. The lowest BCUT2D eigenvalue weighted by Crippen LogP contribution is -2.34. The van der Waals surface area contributed by atoms with Crippen LogP contribution >= 0.6 is 0 Å². The summed E-state index contributed by atoms with van der Waals surface area (Å²) in [4.78, 5) is 15.8. The molecule has 2 aromatic rings. The quantitative estimate of drug-likeness (QED) is 0.880. The molecule has 0 saturated carbocycles. The van der Waals surface area contributed by atoms with Gasteiger partial charge in [0.15, 0.2) is 0 Å². The van der Waals surface area contributed by atoms with Crippen LogP contribution in [0, 0.1) is 0 Å². The molecule has 7 heteroatoms. The first kappa shape index (κ1) is 17.8. The van der Waals surface area contributed by atoms with Crippen molar-refractivity contribution in [3.63, 3.8) is 0 Å². The SMILES string of the molecule is C[C@H](CNC(=O)Cc1ccccc1C(F)(F)F)Oc1cccnc1. The maximum absolute atomic E-state index is 12.9. The maximum Gasteiger partial charge on any atom is 0.416 e. The Morgan fingerprint density at radius 3 is 2.67 bits per heavy atom. The van der Waals surface area contributed by atoms with Gasteiger partial charge >= 0.3 is 6.18 Å². The minimum absolute atomic E-state index is 0.0525. The molecule has 1 aromatic carbocycles. The Morgan fingerprint density at radius 2 is 2.00 bits per heavy atom. The second-order valence-corrected chi connectivity index (χ2v) is 5.25. The molecule has 2 rings (SSSR count). The lowest BCUT2D eigenvalue weighted by atomic mass is 10.0. The number of hydrogen-bond donors (Lipinski definition) is 1. The fraction of sp³-hybridized carbons (Fsp3) is 0.294. The number of pyridine rings is 1. The van der Waals surface area contributed by atoms with E-state index in [0.717, 1.165) is 6.07 Å². The van der Waals surface area contributed by atoms with Gasteiger partial charge in [-0.3, -0.25) is 9.78 Å². The van der Waals surface area contributed by atoms with E-state index >= 15 is 0 Å². The summed E-state index contributed by atoms with van der Waals surface area (Å²) in [6.45, 7) is 1.93. The molecule has 0 saturated heterocycles. The van der Waals surface area contributed by atoms with Crippen LogP contribution in [0.15, 0.2) is 48.8 Å². The number of aromatic nitrogens is 1. The lowest BCUT2D eigenvalue weighted by Gasteiger charge is -2.16. The van der Waals surface area contributed by atoms with Gasteiger partial charge in [0.2, 0.25) is 5.91 Å². The summed E-state index contributed by atoms with van der Waals surface area (Å²) in [5, 5.41) is 2.58. The predicted molar refractivity (Wildman–Crippen MR) is 82.5 cm³/mol. The number of nitrogens with zero attached hydrogens (tertiary/aromatic N) is 1. The maximum atomic E-state index is 12.9. The van der Waals surface area contributed by atoms with Gasteiger partial charge in [-0.25, -0.2) is 0 Å². The van der Waals surface area contributed by atoms with Gasteiger partial charge < -0.3 is 10.1 Å². The second kappa shape index (κ2) is 7.81. The van der Waals surface area contributed by atoms with E-state index in [4.69, 9.17) is 4.74 Å². The highest BCUT2D eigenvalue weighted by atomic mass is 19.4. The van der Waals surface area contributed by atoms with E-state index in [9.17, 15) is 18.0 Å². The topological polar surface area (TPSA) is 51.2 Å². The van der Waals surface area contributed by atoms with Gasteiger partial charge in [0.05, 0.1) is 24.7 Å². The highest BCUT2D eigenvalue weighted by molar-refractivity contribution is 5.79. The first-order chi connectivity index (χ1) is 11.4. The average Bonchev–Trinajstić information content (AvgIpc) is 2.53. The summed E-state index contributed by atoms with van der Waals surface area (Å²) in [7, 11) is 0. The van der Waals surface area contributed by atoms with E-state index in [0.29, 0.717) is 5.75 Å². The molecule has 1 amide bonds. The normalized spacial score (nSPS) is 12.5. The molecule has 0 unspecified atom stereocenters. The van der Waals surface area contributed by atoms with Gasteiger partial charge in [-0.15, -0.1) is 0 Å². The van der Waals surface area contributed by atoms with E-state index in [1.54, 1.807) is 25.3 Å². The third kappa shape index (κ3) is 5.26. The molecule has 0 aliphatic heterocycles. The van der Waals surface area contributed by atoms with E-state index < -0.39 is 17.6 Å². The van der Waals surface area contributed by atoms with Gasteiger partial charge in [-0.1, -0.05) is 18.2 Å². The van der Waals surface area contributed by atoms with Crippen molar-refractivity contribution in [2.75, 3.05) is 6.54 Å². The minimum atomic E-state index is -4.48. The highest BCUT2D eigenvalue weighted by Crippen LogP contribution is 2.31. The van der Waals surface area contributed by atoms with E-state index in [-0.39, 0.29) is 24.6 Å². The van der Waals surface area contributed by atoms with Crippen LogP contribution in [0.1, 0.15) is 18.1 Å². The standard InChI is InChI=1S/C17H17F3N2O2/c1-12(24-14-6-4-8-21-11-14)10-22-16(23)9-13-5-2-3-7-15(13)17(18,19)20/h2-8,11-12H,9-10H2,1H3,(H,22,23)/t12-/m1/s1. The molecule has 0 fully saturated rings. The zero-order valence-corrected chi connectivity index (χ0v) is 13.0. The van der Waals surface area contributed by atoms with Gasteiger partial charge in [0.25, 0.3) is 0 Å². The van der Waals surface area contributed by atoms with Crippen LogP contribution in [-0.4, -0.2) is 23.5 Å². The molecule has 0 spiro atoms. The number of carbonyl (C=O) groups is 1. The van der Waals surface area contributed by atoms with Gasteiger partial charge in [-0.05, 0) is 30.7 Å². The van der Waals surface area contributed by atoms with Crippen LogP contribution in [0.2, 0.25) is 0 Å². The average molecular weight is 338 g/mol. The highest BCUT2D eigenvalue weighted by Gasteiger charge is 2.33. The molecule has 0 bridgehead atoms. The summed E-state index contributed by atoms with van der Waals surface area (Å²) in [6, 6.07) is 8.49. The van der Waals surface area contributed by atoms with Gasteiger partial charge in [0.1, 0.15) is 11.9 Å². The van der Waals surface area contributed by atoms with Crippen molar-refractivity contribution in [2.45, 2.75) is 25.6 Å². The summed E-state index contributed by atoms with van der Waals surface area (Å²) in [6.07, 6.45) is -2.01. The van der Waals surface area contributed by atoms with Gasteiger partial charge in [-0.2, -0.15) is 13.2 Å². The number of hydrogen-bond acceptors (Lipinski definition) is 3. The molecule has 0 aliphatic rings. The Morgan fingerprint density at radius 1 is 1.25 bits per heavy atom. The Hall–Kier alpha value is -2.57. The van der Waals surface area contributed by atoms with Crippen molar-refractivity contribution >= 4 is 5.91 Å². The van der Waals surface area contributed by atoms with Crippen molar-refractivity contribution in [3.05, 3.63) is 59.9 Å². The van der Waals surface area contributed by atoms with Crippen LogP contribution in [0.5, 0.6) is 5.75 Å². The first-order valence-electron chi connectivity index (χ1n) is 7.34. The van der Waals surface area contributed by atoms with Crippen molar-refractivity contribution in [1.82, 2.24) is 10.3 Å². The fourth-order valence-corrected chi connectivity index (χ4v) is 2.13. The zero-order chi connectivity index (χ0) is 17.6. The zero-order valence-electron chi connectivity index (χ0n) is 13.0. The Balaban J connectivity index is 1.88. The molecule has 1 atom stereocenters. The molecule has 128 valence electrons. The summed E-state index contributed by atoms with van der Waals surface area (Å²) >= 11 is 0. The summed E-state index contributed by atoms with van der Waals surface area (Å²) < 4.78 is 44.2. The molecule has 24 heavy (non-hydrogen) atoms. The Bertz CT molecular complexity index is 675. The minimum Gasteiger partial charge on any atom is -0.487 e. The Labute approximate surface area is 137 Å². The number of alkyl halides is 3. The number of halogens is 3. The fourth-order valence-electron chi connectivity index (χ4n) is 2.13. The van der Waals surface area contributed by atoms with E-state index in [1.165, 1.54) is 24.4 Å². The molecular weight excluding hydrogens is 321 g/mol. The monoisotopic (exact) mass is 338 g/mol. The number of rotatable bonds is 6. The van der Waals surface area contributed by atoms with Crippen LogP contribution in [0.3, 0.4) is 0 Å². The predicted octanol–water partition coefficient (Wildman–Crippen LogP) is 3.23. The van der Waals surface area contributed by atoms with Crippen molar-refractivity contribution in [2.24, 2.45) is 0 Å². The number of carbonyl (C=O) groups excluding carboxylic acids is 1. The molecule has 0 aliphatic carbocycles. The third-order valence-corrected chi connectivity index (χ3v) is 3.23. The van der Waals surface area contributed by atoms with E-state index in [2.05, 4.69) is 10.3 Å². The molecule has 0 radical (unpaired) electrons. The van der Waals surface area contributed by atoms with Crippen LogP contribution in [0.4, 0.5) is 13.2 Å². The number of amides is 1. The number of benzene rings is 1. The summed E-state index contributed by atoms with van der Waals surface area (Å²) in [5.74, 6) is 0.0648. The Kier molecular flexibility index (Phi) is 5.78. The van der Waals surface area contributed by atoms with Crippen molar-refractivity contribution in [3.8, 4) is 5.75 Å². The molecule has 1 N–H and O–H groups in total. The molecule has 1 heterocycles. The van der Waals surface area contributed by atoms with Crippen molar-refractivity contribution in [1.29, 1.82) is 0 Å². The van der Waals surface area contributed by atoms with Crippen LogP contribution < -0.4 is 10.1 Å². The number of ether oxygens (including phenoxy) is 1. The van der Waals surface area contributed by atoms with Crippen molar-refractivity contribution < 1.29 is 22.7 Å². The number of nitrogens with one attached hydrogen (secondary N) is 1. The van der Waals surface area contributed by atoms with Crippen LogP contribution in [0.25, 0.3) is 0 Å². The second-order valence-electron chi connectivity index (χ2n) is 5.25. The molecule has 4 nitrogen and oxygen atoms in total. The molecule has 1 aromatic heterocycles. The lowest BCUT2D eigenvalue weighted by molar-refractivity contribution is -0.138. The smallest absolute Gasteiger partial charge is 0.416 e. The van der Waals surface area contributed by atoms with Crippen LogP contribution in [-0.2, 0) is 17.4 Å². The third-order valence-electron chi connectivity index (χ3n) is 3.23. The largest absolute Gasteiger partial charge is 0.487 e. The van der Waals surface area contributed by atoms with Gasteiger partial charge in [0, 0.05) is 6.20 Å². The molecular formula is C17H17F3N2O2. The summed E-state index contributed by atoms with van der Waals surface area (Å²) in [5.41, 5.74) is -0.844. The van der Waals surface area contributed by atoms with E-state index in [1.807, 2.05) is 0 Å².